The lowest BCUT2D eigenvalue weighted by Crippen LogP contribution is -2.55. The summed E-state index contributed by atoms with van der Waals surface area (Å²) in [6.45, 7) is 4.28. The summed E-state index contributed by atoms with van der Waals surface area (Å²) in [4.78, 5) is 0. The van der Waals surface area contributed by atoms with Crippen LogP contribution in [0, 0.1) is 0 Å². The van der Waals surface area contributed by atoms with Crippen LogP contribution < -0.4 is 10.6 Å². The zero-order valence-electron chi connectivity index (χ0n) is 8.26. The number of nitrogens with one attached hydrogen (secondary N) is 2. The van der Waals surface area contributed by atoms with Gasteiger partial charge in [0.15, 0.2) is 0 Å². The highest BCUT2D eigenvalue weighted by Crippen LogP contribution is 2.22. The van der Waals surface area contributed by atoms with Gasteiger partial charge in [-0.25, -0.2) is 0 Å². The van der Waals surface area contributed by atoms with Crippen molar-refractivity contribution < 1.29 is 0 Å². The summed E-state index contributed by atoms with van der Waals surface area (Å²) in [6.07, 6.45) is 0. The molecule has 1 aliphatic heterocycles. The van der Waals surface area contributed by atoms with Gasteiger partial charge in [0.05, 0.1) is 0 Å². The zero-order chi connectivity index (χ0) is 9.97. The third-order valence-electron chi connectivity index (χ3n) is 2.64. The van der Waals surface area contributed by atoms with Crippen LogP contribution in [0.15, 0.2) is 24.3 Å². The van der Waals surface area contributed by atoms with Crippen LogP contribution in [0.3, 0.4) is 0 Å². The third kappa shape index (κ3) is 2.08. The van der Waals surface area contributed by atoms with E-state index in [0.29, 0.717) is 12.1 Å². The molecule has 0 unspecified atom stereocenters. The highest BCUT2D eigenvalue weighted by molar-refractivity contribution is 6.31. The second-order valence-corrected chi connectivity index (χ2v) is 4.17. The van der Waals surface area contributed by atoms with E-state index in [4.69, 9.17) is 11.6 Å². The molecular formula is C11H15ClN2. The van der Waals surface area contributed by atoms with Gasteiger partial charge in [-0.3, -0.25) is 0 Å². The van der Waals surface area contributed by atoms with E-state index < -0.39 is 0 Å². The molecule has 0 spiro atoms. The molecule has 3 heteroatoms. The van der Waals surface area contributed by atoms with Gasteiger partial charge < -0.3 is 10.6 Å². The second-order valence-electron chi connectivity index (χ2n) is 3.77. The van der Waals surface area contributed by atoms with Gasteiger partial charge in [-0.05, 0) is 18.6 Å². The van der Waals surface area contributed by atoms with Crippen molar-refractivity contribution in [2.75, 3.05) is 13.1 Å². The van der Waals surface area contributed by atoms with Gasteiger partial charge in [0.2, 0.25) is 0 Å². The Hall–Kier alpha value is -0.570. The Morgan fingerprint density at radius 3 is 2.71 bits per heavy atom. The minimum absolute atomic E-state index is 0.329. The fourth-order valence-electron chi connectivity index (χ4n) is 1.68. The van der Waals surface area contributed by atoms with Gasteiger partial charge >= 0.3 is 0 Å². The Bertz CT molecular complexity index is 310. The Morgan fingerprint density at radius 1 is 1.43 bits per heavy atom. The third-order valence-corrected chi connectivity index (χ3v) is 2.98. The Labute approximate surface area is 89.7 Å². The van der Waals surface area contributed by atoms with Crippen molar-refractivity contribution in [3.8, 4) is 0 Å². The van der Waals surface area contributed by atoms with E-state index in [0.717, 1.165) is 18.1 Å². The van der Waals surface area contributed by atoms with Crippen LogP contribution in [-0.2, 0) is 0 Å². The van der Waals surface area contributed by atoms with E-state index in [1.54, 1.807) is 0 Å². The molecule has 0 amide bonds. The molecule has 2 rings (SSSR count). The van der Waals surface area contributed by atoms with Crippen LogP contribution in [-0.4, -0.2) is 19.1 Å². The van der Waals surface area contributed by atoms with Gasteiger partial charge in [-0.15, -0.1) is 0 Å². The highest BCUT2D eigenvalue weighted by atomic mass is 35.5. The van der Waals surface area contributed by atoms with Gasteiger partial charge in [0.1, 0.15) is 0 Å². The molecule has 1 atom stereocenters. The topological polar surface area (TPSA) is 24.1 Å². The van der Waals surface area contributed by atoms with Crippen molar-refractivity contribution in [3.05, 3.63) is 34.9 Å². The van der Waals surface area contributed by atoms with Gasteiger partial charge in [-0.2, -0.15) is 0 Å². The molecule has 2 N–H and O–H groups in total. The molecule has 1 aromatic rings. The van der Waals surface area contributed by atoms with Crippen LogP contribution in [0.25, 0.3) is 0 Å². The summed E-state index contributed by atoms with van der Waals surface area (Å²) in [5.41, 5.74) is 1.18. The number of hydrogen-bond donors (Lipinski definition) is 2. The predicted molar refractivity (Wildman–Crippen MR) is 59.7 cm³/mol. The lowest BCUT2D eigenvalue weighted by atomic mass is 10.1. The van der Waals surface area contributed by atoms with Crippen molar-refractivity contribution in [1.82, 2.24) is 10.6 Å². The normalized spacial score (nSPS) is 19.0. The molecule has 0 radical (unpaired) electrons. The largest absolute Gasteiger partial charge is 0.314 e. The molecule has 14 heavy (non-hydrogen) atoms. The first-order valence-corrected chi connectivity index (χ1v) is 5.36. The number of benzene rings is 1. The maximum Gasteiger partial charge on any atom is 0.0453 e. The smallest absolute Gasteiger partial charge is 0.0453 e. The average molecular weight is 211 g/mol. The molecule has 0 bridgehead atoms. The van der Waals surface area contributed by atoms with Crippen molar-refractivity contribution in [2.45, 2.75) is 19.0 Å². The quantitative estimate of drug-likeness (QED) is 0.797. The average Bonchev–Trinajstić information content (AvgIpc) is 2.12. The fraction of sp³-hybridized carbons (Fsp3) is 0.455. The van der Waals surface area contributed by atoms with Crippen LogP contribution in [0.1, 0.15) is 18.5 Å². The van der Waals surface area contributed by atoms with Crippen molar-refractivity contribution in [2.24, 2.45) is 0 Å². The SMILES string of the molecule is C[C@H](NC1CNC1)c1ccccc1Cl. The van der Waals surface area contributed by atoms with Crippen LogP contribution in [0.5, 0.6) is 0 Å². The van der Waals surface area contributed by atoms with Gasteiger partial charge in [-0.1, -0.05) is 29.8 Å². The fourth-order valence-corrected chi connectivity index (χ4v) is 1.98. The van der Waals surface area contributed by atoms with E-state index in [2.05, 4.69) is 23.6 Å². The molecular weight excluding hydrogens is 196 g/mol. The number of hydrogen-bond acceptors (Lipinski definition) is 2. The molecule has 1 aromatic carbocycles. The Morgan fingerprint density at radius 2 is 2.14 bits per heavy atom. The lowest BCUT2D eigenvalue weighted by Gasteiger charge is -2.31. The summed E-state index contributed by atoms with van der Waals surface area (Å²) in [5, 5.41) is 7.61. The molecule has 1 heterocycles. The standard InChI is InChI=1S/C11H15ClN2/c1-8(14-9-6-13-7-9)10-4-2-3-5-11(10)12/h2-5,8-9,13-14H,6-7H2,1H3/t8-/m0/s1. The molecule has 2 nitrogen and oxygen atoms in total. The summed E-state index contributed by atoms with van der Waals surface area (Å²) >= 11 is 6.11. The summed E-state index contributed by atoms with van der Waals surface area (Å²) in [6, 6.07) is 8.93. The first-order chi connectivity index (χ1) is 6.77. The maximum absolute atomic E-state index is 6.11. The Balaban J connectivity index is 2.02. The molecule has 76 valence electrons. The van der Waals surface area contributed by atoms with Crippen molar-refractivity contribution in [3.63, 3.8) is 0 Å². The first-order valence-electron chi connectivity index (χ1n) is 4.98. The monoisotopic (exact) mass is 210 g/mol. The van der Waals surface area contributed by atoms with E-state index >= 15 is 0 Å². The lowest BCUT2D eigenvalue weighted by molar-refractivity contribution is 0.338. The minimum Gasteiger partial charge on any atom is -0.314 e. The molecule has 0 aliphatic carbocycles. The maximum atomic E-state index is 6.11. The van der Waals surface area contributed by atoms with E-state index in [1.165, 1.54) is 5.56 Å². The van der Waals surface area contributed by atoms with E-state index in [9.17, 15) is 0 Å². The first kappa shape index (κ1) is 9.97. The number of halogens is 1. The summed E-state index contributed by atoms with van der Waals surface area (Å²) in [5.74, 6) is 0. The van der Waals surface area contributed by atoms with Crippen LogP contribution in [0.2, 0.25) is 5.02 Å². The number of rotatable bonds is 3. The summed E-state index contributed by atoms with van der Waals surface area (Å²) in [7, 11) is 0. The van der Waals surface area contributed by atoms with Crippen molar-refractivity contribution >= 4 is 11.6 Å². The molecule has 1 fully saturated rings. The zero-order valence-corrected chi connectivity index (χ0v) is 9.01. The van der Waals surface area contributed by atoms with Crippen LogP contribution in [0.4, 0.5) is 0 Å². The van der Waals surface area contributed by atoms with Crippen molar-refractivity contribution in [1.29, 1.82) is 0 Å². The molecule has 1 aliphatic rings. The highest BCUT2D eigenvalue weighted by Gasteiger charge is 2.19. The summed E-state index contributed by atoms with van der Waals surface area (Å²) < 4.78 is 0. The van der Waals surface area contributed by atoms with Gasteiger partial charge in [0.25, 0.3) is 0 Å². The molecule has 0 saturated carbocycles. The van der Waals surface area contributed by atoms with E-state index in [-0.39, 0.29) is 0 Å². The minimum atomic E-state index is 0.329. The Kier molecular flexibility index (Phi) is 3.06. The molecule has 0 aromatic heterocycles. The second kappa shape index (κ2) is 4.30. The predicted octanol–water partition coefficient (Wildman–Crippen LogP) is 1.96. The molecule has 1 saturated heterocycles. The van der Waals surface area contributed by atoms with Gasteiger partial charge in [0, 0.05) is 30.2 Å². The van der Waals surface area contributed by atoms with Crippen LogP contribution >= 0.6 is 11.6 Å². The van der Waals surface area contributed by atoms with E-state index in [1.807, 2.05) is 18.2 Å².